The Morgan fingerprint density at radius 1 is 1.20 bits per heavy atom. The number of halogens is 1. The van der Waals surface area contributed by atoms with Crippen LogP contribution in [0.2, 0.25) is 0 Å². The zero-order valence-corrected chi connectivity index (χ0v) is 21.0. The minimum absolute atomic E-state index is 0. The number of guanidine groups is 1. The average Bonchev–Trinajstić information content (AvgIpc) is 3.37. The van der Waals surface area contributed by atoms with E-state index in [1.807, 2.05) is 14.1 Å². The molecule has 1 aromatic heterocycles. The predicted molar refractivity (Wildman–Crippen MR) is 136 cm³/mol. The monoisotopic (exact) mass is 525 g/mol. The van der Waals surface area contributed by atoms with Gasteiger partial charge in [0.25, 0.3) is 0 Å². The smallest absolute Gasteiger partial charge is 0.230 e. The van der Waals surface area contributed by atoms with Gasteiger partial charge in [0.1, 0.15) is 0 Å². The van der Waals surface area contributed by atoms with Gasteiger partial charge in [-0.25, -0.2) is 0 Å². The largest absolute Gasteiger partial charge is 0.361 e. The number of benzene rings is 1. The van der Waals surface area contributed by atoms with E-state index in [1.165, 1.54) is 22.0 Å². The van der Waals surface area contributed by atoms with Crippen molar-refractivity contribution in [1.82, 2.24) is 20.5 Å². The van der Waals surface area contributed by atoms with Gasteiger partial charge in [-0.05, 0) is 36.8 Å². The van der Waals surface area contributed by atoms with Crippen LogP contribution in [0.15, 0.2) is 29.4 Å². The molecule has 1 aliphatic carbocycles. The van der Waals surface area contributed by atoms with E-state index in [0.29, 0.717) is 6.54 Å². The number of para-hydroxylation sites is 1. The summed E-state index contributed by atoms with van der Waals surface area (Å²) in [5.41, 5.74) is 3.62. The fourth-order valence-electron chi connectivity index (χ4n) is 4.56. The lowest BCUT2D eigenvalue weighted by Gasteiger charge is -2.31. The number of hydrogen-bond acceptors (Lipinski definition) is 2. The van der Waals surface area contributed by atoms with Crippen LogP contribution in [0.3, 0.4) is 0 Å². The van der Waals surface area contributed by atoms with E-state index in [2.05, 4.69) is 51.9 Å². The van der Waals surface area contributed by atoms with Crippen LogP contribution >= 0.6 is 24.0 Å². The van der Waals surface area contributed by atoms with Crippen molar-refractivity contribution in [3.05, 3.63) is 35.5 Å². The van der Waals surface area contributed by atoms with Crippen molar-refractivity contribution in [1.29, 1.82) is 0 Å². The van der Waals surface area contributed by atoms with Crippen LogP contribution in [0.5, 0.6) is 0 Å². The highest BCUT2D eigenvalue weighted by atomic mass is 127. The minimum atomic E-state index is -0.297. The first-order valence-corrected chi connectivity index (χ1v) is 10.7. The highest BCUT2D eigenvalue weighted by Gasteiger charge is 2.42. The van der Waals surface area contributed by atoms with Crippen molar-refractivity contribution in [2.75, 3.05) is 34.2 Å². The summed E-state index contributed by atoms with van der Waals surface area (Å²) in [6, 6.07) is 6.50. The Morgan fingerprint density at radius 3 is 2.57 bits per heavy atom. The number of nitrogens with zero attached hydrogens (tertiary/aromatic N) is 2. The number of nitrogens with one attached hydrogen (secondary N) is 3. The maximum absolute atomic E-state index is 12.7. The molecule has 3 rings (SSSR count). The van der Waals surface area contributed by atoms with Gasteiger partial charge in [0.05, 0.1) is 5.41 Å². The summed E-state index contributed by atoms with van der Waals surface area (Å²) >= 11 is 0. The van der Waals surface area contributed by atoms with Gasteiger partial charge in [-0.2, -0.15) is 0 Å². The topological polar surface area (TPSA) is 72.5 Å². The van der Waals surface area contributed by atoms with E-state index < -0.39 is 0 Å². The number of rotatable bonds is 7. The molecule has 0 aliphatic heterocycles. The van der Waals surface area contributed by atoms with E-state index in [4.69, 9.17) is 0 Å². The molecule has 3 N–H and O–H groups in total. The van der Waals surface area contributed by atoms with E-state index in [9.17, 15) is 4.79 Å². The Labute approximate surface area is 197 Å². The number of fused-ring (bicyclic) bond motifs is 1. The van der Waals surface area contributed by atoms with Crippen LogP contribution in [0, 0.1) is 5.41 Å². The molecule has 0 atom stereocenters. The van der Waals surface area contributed by atoms with E-state index in [-0.39, 0.29) is 35.3 Å². The Balaban J connectivity index is 0.00000320. The van der Waals surface area contributed by atoms with Gasteiger partial charge in [-0.1, -0.05) is 38.0 Å². The second-order valence-corrected chi connectivity index (χ2v) is 8.30. The third kappa shape index (κ3) is 5.28. The lowest BCUT2D eigenvalue weighted by atomic mass is 9.84. The lowest BCUT2D eigenvalue weighted by molar-refractivity contribution is -0.138. The number of carbonyl (C=O) groups excluding carboxylic acids is 1. The molecule has 1 amide bonds. The first kappa shape index (κ1) is 24.5. The molecule has 7 heteroatoms. The van der Waals surface area contributed by atoms with Crippen molar-refractivity contribution < 1.29 is 4.79 Å². The molecular weight excluding hydrogens is 489 g/mol. The molecule has 1 aromatic carbocycles. The molecule has 30 heavy (non-hydrogen) atoms. The van der Waals surface area contributed by atoms with Crippen LogP contribution in [0.4, 0.5) is 0 Å². The molecule has 6 nitrogen and oxygen atoms in total. The Kier molecular flexibility index (Phi) is 9.00. The van der Waals surface area contributed by atoms with Gasteiger partial charge in [-0.15, -0.1) is 24.0 Å². The Morgan fingerprint density at radius 2 is 1.93 bits per heavy atom. The molecular formula is C23H36IN5O. The quantitative estimate of drug-likeness (QED) is 0.293. The third-order valence-corrected chi connectivity index (χ3v) is 6.19. The zero-order chi connectivity index (χ0) is 20.9. The first-order valence-electron chi connectivity index (χ1n) is 10.7. The summed E-state index contributed by atoms with van der Waals surface area (Å²) in [5.74, 6) is 0.986. The van der Waals surface area contributed by atoms with Gasteiger partial charge in [0.2, 0.25) is 5.91 Å². The second kappa shape index (κ2) is 11.0. The lowest BCUT2D eigenvalue weighted by Crippen LogP contribution is -2.49. The molecule has 0 spiro atoms. The Bertz CT molecular complexity index is 868. The van der Waals surface area contributed by atoms with Crippen molar-refractivity contribution in [2.24, 2.45) is 10.4 Å². The molecule has 0 unspecified atom stereocenters. The van der Waals surface area contributed by atoms with Gasteiger partial charge in [0, 0.05) is 51.3 Å². The molecule has 0 radical (unpaired) electrons. The van der Waals surface area contributed by atoms with E-state index >= 15 is 0 Å². The summed E-state index contributed by atoms with van der Waals surface area (Å²) in [7, 11) is 5.48. The number of H-pyrrole nitrogens is 1. The van der Waals surface area contributed by atoms with Gasteiger partial charge in [-0.3, -0.25) is 9.79 Å². The van der Waals surface area contributed by atoms with Crippen molar-refractivity contribution in [3.8, 4) is 0 Å². The molecule has 1 aliphatic rings. The highest BCUT2D eigenvalue weighted by Crippen LogP contribution is 2.38. The molecule has 1 fully saturated rings. The SMILES string of the molecule is CCc1cccc2c(CCNC(=NC)NCC3(C(=O)N(C)C)CCCC3)c[nH]c12.I. The van der Waals surface area contributed by atoms with E-state index in [0.717, 1.165) is 51.0 Å². The van der Waals surface area contributed by atoms with Gasteiger partial charge < -0.3 is 20.5 Å². The number of aromatic nitrogens is 1. The fraction of sp³-hybridized carbons (Fsp3) is 0.565. The van der Waals surface area contributed by atoms with Gasteiger partial charge in [0.15, 0.2) is 5.96 Å². The molecule has 166 valence electrons. The fourth-order valence-corrected chi connectivity index (χ4v) is 4.56. The van der Waals surface area contributed by atoms with Crippen molar-refractivity contribution in [2.45, 2.75) is 45.4 Å². The zero-order valence-electron chi connectivity index (χ0n) is 18.7. The maximum Gasteiger partial charge on any atom is 0.230 e. The van der Waals surface area contributed by atoms with Crippen molar-refractivity contribution >= 4 is 46.7 Å². The molecule has 1 heterocycles. The minimum Gasteiger partial charge on any atom is -0.361 e. The van der Waals surface area contributed by atoms with Gasteiger partial charge >= 0.3 is 0 Å². The predicted octanol–water partition coefficient (Wildman–Crippen LogP) is 3.70. The Hall–Kier alpha value is -1.77. The molecule has 1 saturated carbocycles. The van der Waals surface area contributed by atoms with Crippen LogP contribution in [0.1, 0.15) is 43.7 Å². The molecule has 0 bridgehead atoms. The third-order valence-electron chi connectivity index (χ3n) is 6.19. The number of amides is 1. The summed E-state index contributed by atoms with van der Waals surface area (Å²) in [6.45, 7) is 3.61. The van der Waals surface area contributed by atoms with Crippen LogP contribution in [-0.4, -0.2) is 56.0 Å². The molecule has 2 aromatic rings. The second-order valence-electron chi connectivity index (χ2n) is 8.30. The standard InChI is InChI=1S/C23H35N5O.HI/c1-5-17-9-8-10-19-18(15-26-20(17)19)11-14-25-22(24-2)27-16-23(12-6-7-13-23)21(29)28(3)4;/h8-10,15,26H,5-7,11-14,16H2,1-4H3,(H2,24,25,27);1H. The summed E-state index contributed by atoms with van der Waals surface area (Å²) in [6.07, 6.45) is 8.19. The number of aryl methyl sites for hydroxylation is 1. The number of aliphatic imine (C=N–C) groups is 1. The average molecular weight is 525 g/mol. The maximum atomic E-state index is 12.7. The number of aromatic amines is 1. The number of carbonyl (C=O) groups is 1. The highest BCUT2D eigenvalue weighted by molar-refractivity contribution is 14.0. The number of hydrogen-bond donors (Lipinski definition) is 3. The summed E-state index contributed by atoms with van der Waals surface area (Å²) in [5, 5.41) is 8.12. The van der Waals surface area contributed by atoms with Crippen LogP contribution < -0.4 is 10.6 Å². The van der Waals surface area contributed by atoms with E-state index in [1.54, 1.807) is 11.9 Å². The normalized spacial score (nSPS) is 15.7. The van der Waals surface area contributed by atoms with Crippen LogP contribution in [0.25, 0.3) is 10.9 Å². The summed E-state index contributed by atoms with van der Waals surface area (Å²) < 4.78 is 0. The molecule has 0 saturated heterocycles. The first-order chi connectivity index (χ1) is 14.0. The van der Waals surface area contributed by atoms with Crippen molar-refractivity contribution in [3.63, 3.8) is 0 Å². The van der Waals surface area contributed by atoms with Crippen LogP contribution in [-0.2, 0) is 17.6 Å². The summed E-state index contributed by atoms with van der Waals surface area (Å²) in [4.78, 5) is 22.3.